The predicted octanol–water partition coefficient (Wildman–Crippen LogP) is 1.61. The van der Waals surface area contributed by atoms with Crippen LogP contribution < -0.4 is 10.6 Å². The van der Waals surface area contributed by atoms with E-state index >= 15 is 0 Å². The summed E-state index contributed by atoms with van der Waals surface area (Å²) in [4.78, 5) is 12.0. The molecule has 0 saturated carbocycles. The van der Waals surface area contributed by atoms with Crippen LogP contribution in [0.2, 0.25) is 0 Å². The molecule has 4 heteroatoms. The van der Waals surface area contributed by atoms with Crippen LogP contribution in [0.4, 0.5) is 0 Å². The van der Waals surface area contributed by atoms with E-state index in [1.165, 1.54) is 0 Å². The number of hydrogen-bond donors (Lipinski definition) is 1. The van der Waals surface area contributed by atoms with Gasteiger partial charge in [-0.1, -0.05) is 12.1 Å². The van der Waals surface area contributed by atoms with E-state index in [2.05, 4.69) is 0 Å². The average molecular weight is 236 g/mol. The van der Waals surface area contributed by atoms with E-state index in [9.17, 15) is 4.79 Å². The van der Waals surface area contributed by atoms with Gasteiger partial charge in [-0.05, 0) is 38.0 Å². The molecule has 1 aromatic rings. The van der Waals surface area contributed by atoms with Crippen molar-refractivity contribution in [2.24, 2.45) is 5.84 Å². The number of carbonyl (C=O) groups excluding carboxylic acids is 1. The lowest BCUT2D eigenvalue weighted by Crippen LogP contribution is -2.44. The maximum atomic E-state index is 12.0. The maximum absolute atomic E-state index is 12.0. The fourth-order valence-electron chi connectivity index (χ4n) is 1.83. The van der Waals surface area contributed by atoms with Gasteiger partial charge in [0.25, 0.3) is 0 Å². The molecule has 17 heavy (non-hydrogen) atoms. The number of benzene rings is 1. The van der Waals surface area contributed by atoms with Gasteiger partial charge >= 0.3 is 0 Å². The number of ether oxygens (including phenoxy) is 1. The van der Waals surface area contributed by atoms with Gasteiger partial charge in [-0.3, -0.25) is 9.80 Å². The van der Waals surface area contributed by atoms with Crippen LogP contribution in [-0.2, 0) is 10.2 Å². The molecular weight excluding hydrogens is 216 g/mol. The fraction of sp³-hybridized carbons (Fsp3) is 0.462. The molecular formula is C13H20N2O2. The van der Waals surface area contributed by atoms with E-state index in [0.29, 0.717) is 0 Å². The molecule has 4 nitrogen and oxygen atoms in total. The first kappa shape index (κ1) is 13.5. The van der Waals surface area contributed by atoms with E-state index in [1.54, 1.807) is 14.2 Å². The van der Waals surface area contributed by atoms with Gasteiger partial charge in [0.05, 0.1) is 12.5 Å². The second-order valence-corrected chi connectivity index (χ2v) is 4.73. The highest BCUT2D eigenvalue weighted by molar-refractivity contribution is 5.86. The van der Waals surface area contributed by atoms with Crippen molar-refractivity contribution in [3.8, 4) is 5.75 Å². The number of nitrogens with two attached hydrogens (primary N) is 1. The Labute approximate surface area is 102 Å². The number of aryl methyl sites for hydroxylation is 1. The summed E-state index contributed by atoms with van der Waals surface area (Å²) >= 11 is 0. The Bertz CT molecular complexity index is 425. The zero-order valence-corrected chi connectivity index (χ0v) is 11.1. The molecule has 2 N–H and O–H groups in total. The van der Waals surface area contributed by atoms with Gasteiger partial charge in [-0.25, -0.2) is 5.84 Å². The second-order valence-electron chi connectivity index (χ2n) is 4.73. The second kappa shape index (κ2) is 4.75. The van der Waals surface area contributed by atoms with Crippen LogP contribution in [0, 0.1) is 6.92 Å². The lowest BCUT2D eigenvalue weighted by Gasteiger charge is -2.27. The van der Waals surface area contributed by atoms with Crippen molar-refractivity contribution in [2.75, 3.05) is 14.2 Å². The van der Waals surface area contributed by atoms with E-state index in [-0.39, 0.29) is 5.91 Å². The highest BCUT2D eigenvalue weighted by atomic mass is 16.5. The third kappa shape index (κ3) is 2.58. The third-order valence-electron chi connectivity index (χ3n) is 2.97. The molecule has 0 aromatic heterocycles. The van der Waals surface area contributed by atoms with Gasteiger partial charge in [-0.15, -0.1) is 0 Å². The van der Waals surface area contributed by atoms with Crippen molar-refractivity contribution < 1.29 is 9.53 Å². The molecule has 1 rings (SSSR count). The summed E-state index contributed by atoms with van der Waals surface area (Å²) in [5.74, 6) is 6.21. The van der Waals surface area contributed by atoms with Gasteiger partial charge in [0.2, 0.25) is 5.91 Å². The van der Waals surface area contributed by atoms with Crippen molar-refractivity contribution in [2.45, 2.75) is 26.2 Å². The van der Waals surface area contributed by atoms with Crippen LogP contribution in [-0.4, -0.2) is 25.1 Å². The fourth-order valence-corrected chi connectivity index (χ4v) is 1.83. The van der Waals surface area contributed by atoms with Gasteiger partial charge < -0.3 is 4.74 Å². The molecule has 0 aliphatic carbocycles. The van der Waals surface area contributed by atoms with Crippen LogP contribution in [0.15, 0.2) is 18.2 Å². The van der Waals surface area contributed by atoms with Crippen LogP contribution >= 0.6 is 0 Å². The number of hydrogen-bond acceptors (Lipinski definition) is 3. The number of likely N-dealkylation sites (N-methyl/N-ethyl adjacent to an activating group) is 1. The molecule has 1 aromatic carbocycles. The summed E-state index contributed by atoms with van der Waals surface area (Å²) < 4.78 is 5.20. The first-order valence-corrected chi connectivity index (χ1v) is 5.48. The summed E-state index contributed by atoms with van der Waals surface area (Å²) in [6.45, 7) is 5.68. The first-order valence-electron chi connectivity index (χ1n) is 5.48. The summed E-state index contributed by atoms with van der Waals surface area (Å²) in [6.07, 6.45) is 0. The van der Waals surface area contributed by atoms with Crippen molar-refractivity contribution >= 4 is 5.91 Å². The molecule has 0 saturated heterocycles. The summed E-state index contributed by atoms with van der Waals surface area (Å²) in [6, 6.07) is 5.73. The Hall–Kier alpha value is -1.55. The standard InChI is InChI=1S/C13H20N2O2/c1-9-8-10(6-7-11(9)17-5)13(2,3)12(16)15(4)14/h6-8H,14H2,1-5H3. The lowest BCUT2D eigenvalue weighted by molar-refractivity contribution is -0.135. The molecule has 0 unspecified atom stereocenters. The van der Waals surface area contributed by atoms with Crippen molar-refractivity contribution in [3.05, 3.63) is 29.3 Å². The number of rotatable bonds is 3. The Morgan fingerprint density at radius 3 is 2.41 bits per heavy atom. The molecule has 0 radical (unpaired) electrons. The molecule has 0 bridgehead atoms. The Morgan fingerprint density at radius 2 is 2.00 bits per heavy atom. The van der Waals surface area contributed by atoms with Gasteiger partial charge in [0.1, 0.15) is 5.75 Å². The summed E-state index contributed by atoms with van der Waals surface area (Å²) in [5.41, 5.74) is 1.30. The van der Waals surface area contributed by atoms with Crippen molar-refractivity contribution in [3.63, 3.8) is 0 Å². The van der Waals surface area contributed by atoms with E-state index < -0.39 is 5.41 Å². The summed E-state index contributed by atoms with van der Waals surface area (Å²) in [5, 5.41) is 1.12. The molecule has 0 heterocycles. The minimum atomic E-state index is -0.638. The van der Waals surface area contributed by atoms with E-state index in [4.69, 9.17) is 10.6 Å². The van der Waals surface area contributed by atoms with Gasteiger partial charge in [0.15, 0.2) is 0 Å². The zero-order valence-electron chi connectivity index (χ0n) is 11.1. The minimum Gasteiger partial charge on any atom is -0.496 e. The molecule has 0 fully saturated rings. The Morgan fingerprint density at radius 1 is 1.41 bits per heavy atom. The smallest absolute Gasteiger partial charge is 0.246 e. The SMILES string of the molecule is COc1ccc(C(C)(C)C(=O)N(C)N)cc1C. The van der Waals surface area contributed by atoms with E-state index in [1.807, 2.05) is 39.0 Å². The number of nitrogens with zero attached hydrogens (tertiary/aromatic N) is 1. The Balaban J connectivity index is 3.16. The normalized spacial score (nSPS) is 11.2. The third-order valence-corrected chi connectivity index (χ3v) is 2.97. The van der Waals surface area contributed by atoms with E-state index in [0.717, 1.165) is 21.9 Å². The minimum absolute atomic E-state index is 0.123. The monoisotopic (exact) mass is 236 g/mol. The molecule has 0 aliphatic rings. The van der Waals surface area contributed by atoms with Gasteiger partial charge in [0, 0.05) is 7.05 Å². The highest BCUT2D eigenvalue weighted by Gasteiger charge is 2.31. The lowest BCUT2D eigenvalue weighted by atomic mass is 9.83. The van der Waals surface area contributed by atoms with Crippen LogP contribution in [0.1, 0.15) is 25.0 Å². The van der Waals surface area contributed by atoms with Crippen molar-refractivity contribution in [1.82, 2.24) is 5.01 Å². The number of methoxy groups -OCH3 is 1. The average Bonchev–Trinajstić information content (AvgIpc) is 2.27. The van der Waals surface area contributed by atoms with Gasteiger partial charge in [-0.2, -0.15) is 0 Å². The topological polar surface area (TPSA) is 55.6 Å². The highest BCUT2D eigenvalue weighted by Crippen LogP contribution is 2.28. The zero-order chi connectivity index (χ0) is 13.2. The first-order chi connectivity index (χ1) is 7.80. The molecule has 0 aliphatic heterocycles. The summed E-state index contributed by atoms with van der Waals surface area (Å²) in [7, 11) is 3.19. The molecule has 1 amide bonds. The van der Waals surface area contributed by atoms with Crippen LogP contribution in [0.3, 0.4) is 0 Å². The van der Waals surface area contributed by atoms with Crippen LogP contribution in [0.5, 0.6) is 5.75 Å². The molecule has 94 valence electrons. The quantitative estimate of drug-likeness (QED) is 0.493. The predicted molar refractivity (Wildman–Crippen MR) is 67.7 cm³/mol. The maximum Gasteiger partial charge on any atom is 0.246 e. The number of carbonyl (C=O) groups is 1. The Kier molecular flexibility index (Phi) is 3.78. The molecule has 0 spiro atoms. The number of hydrazine groups is 1. The van der Waals surface area contributed by atoms with Crippen LogP contribution in [0.25, 0.3) is 0 Å². The number of amides is 1. The largest absolute Gasteiger partial charge is 0.496 e. The van der Waals surface area contributed by atoms with Crippen molar-refractivity contribution in [1.29, 1.82) is 0 Å². The molecule has 0 atom stereocenters.